The Bertz CT molecular complexity index is 185. The van der Waals surface area contributed by atoms with E-state index in [4.69, 9.17) is 4.74 Å². The van der Waals surface area contributed by atoms with Gasteiger partial charge < -0.3 is 10.1 Å². The summed E-state index contributed by atoms with van der Waals surface area (Å²) >= 11 is 0. The number of unbranched alkanes of at least 4 members (excludes halogenated alkanes) is 1. The molecule has 3 nitrogen and oxygen atoms in total. The number of hydrogen-bond donors (Lipinski definition) is 1. The molecule has 2 heterocycles. The van der Waals surface area contributed by atoms with Crippen molar-refractivity contribution in [3.05, 3.63) is 0 Å². The van der Waals surface area contributed by atoms with Gasteiger partial charge in [-0.25, -0.2) is 0 Å². The van der Waals surface area contributed by atoms with Crippen molar-refractivity contribution in [1.82, 2.24) is 10.2 Å². The number of hydrogen-bond acceptors (Lipinski definition) is 3. The summed E-state index contributed by atoms with van der Waals surface area (Å²) in [5.74, 6) is 0.946. The minimum atomic E-state index is 0.937. The molecular formula is C14H28N2O. The van der Waals surface area contributed by atoms with Crippen LogP contribution in [0.5, 0.6) is 0 Å². The fourth-order valence-corrected chi connectivity index (χ4v) is 2.93. The van der Waals surface area contributed by atoms with E-state index in [9.17, 15) is 0 Å². The molecule has 100 valence electrons. The number of nitrogens with one attached hydrogen (secondary N) is 1. The summed E-state index contributed by atoms with van der Waals surface area (Å²) in [7, 11) is 0. The van der Waals surface area contributed by atoms with Crippen LogP contribution < -0.4 is 5.32 Å². The second kappa shape index (κ2) is 8.06. The molecule has 2 aliphatic rings. The Morgan fingerprint density at radius 1 is 1.12 bits per heavy atom. The minimum Gasteiger partial charge on any atom is -0.379 e. The topological polar surface area (TPSA) is 24.5 Å². The lowest BCUT2D eigenvalue weighted by atomic mass is 9.97. The highest BCUT2D eigenvalue weighted by Crippen LogP contribution is 2.17. The molecule has 0 spiro atoms. The number of morpholine rings is 1. The van der Waals surface area contributed by atoms with E-state index in [2.05, 4.69) is 10.2 Å². The molecule has 3 heteroatoms. The number of rotatable bonds is 5. The highest BCUT2D eigenvalue weighted by molar-refractivity contribution is 4.68. The van der Waals surface area contributed by atoms with E-state index in [0.29, 0.717) is 0 Å². The Hall–Kier alpha value is -0.120. The lowest BCUT2D eigenvalue weighted by Crippen LogP contribution is -2.36. The van der Waals surface area contributed by atoms with Gasteiger partial charge in [-0.3, -0.25) is 4.90 Å². The van der Waals surface area contributed by atoms with Crippen molar-refractivity contribution in [2.45, 2.75) is 38.5 Å². The van der Waals surface area contributed by atoms with E-state index in [-0.39, 0.29) is 0 Å². The molecule has 2 saturated heterocycles. The van der Waals surface area contributed by atoms with Gasteiger partial charge in [-0.2, -0.15) is 0 Å². The van der Waals surface area contributed by atoms with E-state index in [1.807, 2.05) is 0 Å². The molecule has 2 rings (SSSR count). The summed E-state index contributed by atoms with van der Waals surface area (Å²) in [6.07, 6.45) is 8.47. The van der Waals surface area contributed by atoms with Crippen molar-refractivity contribution < 1.29 is 4.74 Å². The zero-order valence-electron chi connectivity index (χ0n) is 11.1. The van der Waals surface area contributed by atoms with Gasteiger partial charge in [-0.15, -0.1) is 0 Å². The molecule has 1 unspecified atom stereocenters. The van der Waals surface area contributed by atoms with Crippen LogP contribution in [0, 0.1) is 5.92 Å². The van der Waals surface area contributed by atoms with Crippen molar-refractivity contribution in [2.24, 2.45) is 5.92 Å². The van der Waals surface area contributed by atoms with Crippen molar-refractivity contribution in [2.75, 3.05) is 45.9 Å². The summed E-state index contributed by atoms with van der Waals surface area (Å²) < 4.78 is 5.37. The van der Waals surface area contributed by atoms with Gasteiger partial charge in [0.05, 0.1) is 13.2 Å². The Morgan fingerprint density at radius 3 is 2.88 bits per heavy atom. The zero-order chi connectivity index (χ0) is 11.8. The molecule has 0 aliphatic carbocycles. The predicted molar refractivity (Wildman–Crippen MR) is 71.3 cm³/mol. The summed E-state index contributed by atoms with van der Waals surface area (Å²) in [5, 5.41) is 3.56. The van der Waals surface area contributed by atoms with Crippen LogP contribution in [-0.2, 0) is 4.74 Å². The molecule has 0 aromatic heterocycles. The van der Waals surface area contributed by atoms with Crippen LogP contribution in [0.4, 0.5) is 0 Å². The molecule has 0 bridgehead atoms. The fourth-order valence-electron chi connectivity index (χ4n) is 2.93. The normalized spacial score (nSPS) is 27.9. The van der Waals surface area contributed by atoms with Gasteiger partial charge in [0, 0.05) is 13.1 Å². The molecule has 0 aromatic carbocycles. The average Bonchev–Trinajstić information content (AvgIpc) is 2.65. The highest BCUT2D eigenvalue weighted by atomic mass is 16.5. The molecule has 17 heavy (non-hydrogen) atoms. The van der Waals surface area contributed by atoms with Crippen molar-refractivity contribution >= 4 is 0 Å². The first-order chi connectivity index (χ1) is 8.45. The Balaban J connectivity index is 1.49. The quantitative estimate of drug-likeness (QED) is 0.743. The minimum absolute atomic E-state index is 0.937. The second-order valence-corrected chi connectivity index (χ2v) is 5.52. The number of ether oxygens (including phenoxy) is 1. The maximum absolute atomic E-state index is 5.37. The van der Waals surface area contributed by atoms with E-state index >= 15 is 0 Å². The first-order valence-electron chi connectivity index (χ1n) is 7.46. The van der Waals surface area contributed by atoms with Crippen molar-refractivity contribution in [3.8, 4) is 0 Å². The van der Waals surface area contributed by atoms with Crippen LogP contribution in [0.1, 0.15) is 38.5 Å². The molecule has 0 aromatic rings. The summed E-state index contributed by atoms with van der Waals surface area (Å²) in [6, 6.07) is 0. The van der Waals surface area contributed by atoms with Crippen LogP contribution in [0.2, 0.25) is 0 Å². The van der Waals surface area contributed by atoms with Crippen molar-refractivity contribution in [1.29, 1.82) is 0 Å². The monoisotopic (exact) mass is 240 g/mol. The van der Waals surface area contributed by atoms with E-state index in [0.717, 1.165) is 32.2 Å². The summed E-state index contributed by atoms with van der Waals surface area (Å²) in [4.78, 5) is 2.55. The van der Waals surface area contributed by atoms with Crippen molar-refractivity contribution in [3.63, 3.8) is 0 Å². The van der Waals surface area contributed by atoms with E-state index in [1.54, 1.807) is 0 Å². The van der Waals surface area contributed by atoms with Gasteiger partial charge >= 0.3 is 0 Å². The lowest BCUT2D eigenvalue weighted by Gasteiger charge is -2.26. The Morgan fingerprint density at radius 2 is 2.00 bits per heavy atom. The summed E-state index contributed by atoms with van der Waals surface area (Å²) in [5.41, 5.74) is 0. The molecule has 1 atom stereocenters. The Labute approximate surface area is 106 Å². The SMILES string of the molecule is C1CCC(CCCCN2CCOCC2)CNC1. The first kappa shape index (κ1) is 13.3. The number of nitrogens with zero attached hydrogens (tertiary/aromatic N) is 1. The maximum Gasteiger partial charge on any atom is 0.0594 e. The summed E-state index contributed by atoms with van der Waals surface area (Å²) in [6.45, 7) is 7.94. The van der Waals surface area contributed by atoms with E-state index in [1.165, 1.54) is 58.2 Å². The van der Waals surface area contributed by atoms with Gasteiger partial charge in [0.2, 0.25) is 0 Å². The first-order valence-corrected chi connectivity index (χ1v) is 7.46. The molecule has 0 saturated carbocycles. The maximum atomic E-state index is 5.37. The van der Waals surface area contributed by atoms with Gasteiger partial charge in [0.25, 0.3) is 0 Å². The van der Waals surface area contributed by atoms with Gasteiger partial charge in [0.1, 0.15) is 0 Å². The van der Waals surface area contributed by atoms with Gasteiger partial charge in [-0.1, -0.05) is 12.8 Å². The standard InChI is InChI=1S/C14H28N2O/c1-3-7-15-13-14(5-1)6-2-4-8-16-9-11-17-12-10-16/h14-15H,1-13H2. The van der Waals surface area contributed by atoms with E-state index < -0.39 is 0 Å². The van der Waals surface area contributed by atoms with Crippen LogP contribution in [0.25, 0.3) is 0 Å². The average molecular weight is 240 g/mol. The second-order valence-electron chi connectivity index (χ2n) is 5.52. The lowest BCUT2D eigenvalue weighted by molar-refractivity contribution is 0.0370. The smallest absolute Gasteiger partial charge is 0.0594 e. The Kier molecular flexibility index (Phi) is 6.32. The largest absolute Gasteiger partial charge is 0.379 e. The molecule has 2 aliphatic heterocycles. The third-order valence-corrected chi connectivity index (χ3v) is 4.09. The third-order valence-electron chi connectivity index (χ3n) is 4.09. The third kappa shape index (κ3) is 5.36. The highest BCUT2D eigenvalue weighted by Gasteiger charge is 2.12. The van der Waals surface area contributed by atoms with Gasteiger partial charge in [-0.05, 0) is 51.2 Å². The van der Waals surface area contributed by atoms with Crippen LogP contribution in [0.3, 0.4) is 0 Å². The zero-order valence-corrected chi connectivity index (χ0v) is 11.1. The van der Waals surface area contributed by atoms with Crippen LogP contribution in [0.15, 0.2) is 0 Å². The van der Waals surface area contributed by atoms with Crippen LogP contribution >= 0.6 is 0 Å². The van der Waals surface area contributed by atoms with Crippen LogP contribution in [-0.4, -0.2) is 50.8 Å². The van der Waals surface area contributed by atoms with Gasteiger partial charge in [0.15, 0.2) is 0 Å². The molecule has 2 fully saturated rings. The molecular weight excluding hydrogens is 212 g/mol. The molecule has 1 N–H and O–H groups in total. The predicted octanol–water partition coefficient (Wildman–Crippen LogP) is 1.88. The molecule has 0 radical (unpaired) electrons. The fraction of sp³-hybridized carbons (Fsp3) is 1.00. The molecule has 0 amide bonds.